The molecule has 0 aliphatic carbocycles. The van der Waals surface area contributed by atoms with Gasteiger partial charge in [-0.15, -0.1) is 0 Å². The quantitative estimate of drug-likeness (QED) is 0.867. The van der Waals surface area contributed by atoms with Gasteiger partial charge in [0, 0.05) is 25.2 Å². The van der Waals surface area contributed by atoms with Crippen molar-refractivity contribution in [1.82, 2.24) is 15.2 Å². The predicted octanol–water partition coefficient (Wildman–Crippen LogP) is 2.13. The van der Waals surface area contributed by atoms with Gasteiger partial charge in [0.2, 0.25) is 5.89 Å². The van der Waals surface area contributed by atoms with Crippen LogP contribution in [0, 0.1) is 5.82 Å². The summed E-state index contributed by atoms with van der Waals surface area (Å²) in [7, 11) is 3.96. The number of benzene rings is 1. The minimum atomic E-state index is -0.262. The molecule has 2 rings (SSSR count). The van der Waals surface area contributed by atoms with Gasteiger partial charge in [-0.25, -0.2) is 9.37 Å². The van der Waals surface area contributed by atoms with Gasteiger partial charge in [0.25, 0.3) is 0 Å². The second-order valence-electron chi connectivity index (χ2n) is 4.49. The first-order valence-electron chi connectivity index (χ1n) is 6.22. The van der Waals surface area contributed by atoms with E-state index < -0.39 is 0 Å². The highest BCUT2D eigenvalue weighted by Gasteiger charge is 2.08. The third-order valence-corrected chi connectivity index (χ3v) is 2.82. The average Bonchev–Trinajstić information content (AvgIpc) is 2.85. The summed E-state index contributed by atoms with van der Waals surface area (Å²) in [5.74, 6) is 0.263. The fraction of sp³-hybridized carbons (Fsp3) is 0.357. The molecule has 0 atom stereocenters. The summed E-state index contributed by atoms with van der Waals surface area (Å²) in [6, 6.07) is 6.13. The molecule has 4 nitrogen and oxygen atoms in total. The maximum Gasteiger partial charge on any atom is 0.226 e. The normalized spacial score (nSPS) is 11.2. The average molecular weight is 263 g/mol. The number of hydrogen-bond donors (Lipinski definition) is 1. The van der Waals surface area contributed by atoms with Crippen molar-refractivity contribution in [2.24, 2.45) is 0 Å². The van der Waals surface area contributed by atoms with Crippen LogP contribution in [0.15, 0.2) is 34.9 Å². The van der Waals surface area contributed by atoms with Gasteiger partial charge < -0.3 is 9.73 Å². The highest BCUT2D eigenvalue weighted by Crippen LogP contribution is 2.19. The standard InChI is InChI=1S/C14H18FN3O/c1-16-7-8-18(2)9-13-10-19-14(17-13)11-3-5-12(15)6-4-11/h3-6,10,16H,7-9H2,1-2H3. The molecule has 0 saturated heterocycles. The number of halogens is 1. The molecule has 0 unspecified atom stereocenters. The van der Waals surface area contributed by atoms with E-state index in [9.17, 15) is 4.39 Å². The second kappa shape index (κ2) is 6.45. The minimum Gasteiger partial charge on any atom is -0.444 e. The summed E-state index contributed by atoms with van der Waals surface area (Å²) in [6.07, 6.45) is 1.65. The number of oxazole rings is 1. The molecule has 1 heterocycles. The molecule has 19 heavy (non-hydrogen) atoms. The molecule has 1 aromatic heterocycles. The van der Waals surface area contributed by atoms with E-state index in [4.69, 9.17) is 4.42 Å². The van der Waals surface area contributed by atoms with Crippen molar-refractivity contribution in [2.75, 3.05) is 27.2 Å². The molecule has 0 amide bonds. The Morgan fingerprint density at radius 3 is 2.74 bits per heavy atom. The molecule has 1 aromatic carbocycles. The number of rotatable bonds is 6. The van der Waals surface area contributed by atoms with E-state index in [-0.39, 0.29) is 5.82 Å². The van der Waals surface area contributed by atoms with Gasteiger partial charge in [-0.2, -0.15) is 0 Å². The van der Waals surface area contributed by atoms with E-state index in [2.05, 4.69) is 15.2 Å². The van der Waals surface area contributed by atoms with Crippen molar-refractivity contribution in [3.8, 4) is 11.5 Å². The minimum absolute atomic E-state index is 0.262. The number of nitrogens with zero attached hydrogens (tertiary/aromatic N) is 2. The monoisotopic (exact) mass is 263 g/mol. The first kappa shape index (κ1) is 13.7. The number of likely N-dealkylation sites (N-methyl/N-ethyl adjacent to an activating group) is 2. The van der Waals surface area contributed by atoms with Crippen LogP contribution in [0.1, 0.15) is 5.69 Å². The molecule has 0 bridgehead atoms. The lowest BCUT2D eigenvalue weighted by molar-refractivity contribution is 0.324. The SMILES string of the molecule is CNCCN(C)Cc1coc(-c2ccc(F)cc2)n1. The molecule has 5 heteroatoms. The molecule has 0 fully saturated rings. The Balaban J connectivity index is 2.00. The topological polar surface area (TPSA) is 41.3 Å². The fourth-order valence-electron chi connectivity index (χ4n) is 1.76. The number of aromatic nitrogens is 1. The molecule has 0 aliphatic rings. The van der Waals surface area contributed by atoms with Gasteiger partial charge in [-0.3, -0.25) is 4.90 Å². The number of nitrogens with one attached hydrogen (secondary N) is 1. The van der Waals surface area contributed by atoms with Crippen LogP contribution in [0.2, 0.25) is 0 Å². The largest absolute Gasteiger partial charge is 0.444 e. The van der Waals surface area contributed by atoms with E-state index in [1.165, 1.54) is 12.1 Å². The van der Waals surface area contributed by atoms with Crippen LogP contribution < -0.4 is 5.32 Å². The highest BCUT2D eigenvalue weighted by atomic mass is 19.1. The van der Waals surface area contributed by atoms with Crippen LogP contribution in [0.5, 0.6) is 0 Å². The Hall–Kier alpha value is -1.72. The number of hydrogen-bond acceptors (Lipinski definition) is 4. The zero-order chi connectivity index (χ0) is 13.7. The molecule has 0 radical (unpaired) electrons. The van der Waals surface area contributed by atoms with Gasteiger partial charge in [0.15, 0.2) is 0 Å². The molecular weight excluding hydrogens is 245 g/mol. The Morgan fingerprint density at radius 1 is 1.32 bits per heavy atom. The summed E-state index contributed by atoms with van der Waals surface area (Å²) >= 11 is 0. The van der Waals surface area contributed by atoms with Crippen molar-refractivity contribution in [3.05, 3.63) is 42.0 Å². The summed E-state index contributed by atoms with van der Waals surface area (Å²) in [5, 5.41) is 3.10. The van der Waals surface area contributed by atoms with Crippen LogP contribution in [-0.2, 0) is 6.54 Å². The predicted molar refractivity (Wildman–Crippen MR) is 72.2 cm³/mol. The summed E-state index contributed by atoms with van der Waals surface area (Å²) in [5.41, 5.74) is 1.66. The van der Waals surface area contributed by atoms with Gasteiger partial charge in [0.1, 0.15) is 12.1 Å². The summed E-state index contributed by atoms with van der Waals surface area (Å²) < 4.78 is 18.3. The third-order valence-electron chi connectivity index (χ3n) is 2.82. The zero-order valence-corrected chi connectivity index (χ0v) is 11.2. The van der Waals surface area contributed by atoms with E-state index in [1.807, 2.05) is 14.1 Å². The van der Waals surface area contributed by atoms with Crippen molar-refractivity contribution < 1.29 is 8.81 Å². The lowest BCUT2D eigenvalue weighted by Gasteiger charge is -2.13. The van der Waals surface area contributed by atoms with Crippen LogP contribution in [-0.4, -0.2) is 37.1 Å². The van der Waals surface area contributed by atoms with Gasteiger partial charge in [-0.1, -0.05) is 0 Å². The van der Waals surface area contributed by atoms with Crippen molar-refractivity contribution >= 4 is 0 Å². The smallest absolute Gasteiger partial charge is 0.226 e. The molecule has 0 aliphatic heterocycles. The van der Waals surface area contributed by atoms with Crippen LogP contribution >= 0.6 is 0 Å². The maximum atomic E-state index is 12.8. The molecule has 2 aromatic rings. The van der Waals surface area contributed by atoms with E-state index in [0.717, 1.165) is 30.9 Å². The summed E-state index contributed by atoms with van der Waals surface area (Å²) in [4.78, 5) is 6.56. The third kappa shape index (κ3) is 3.87. The maximum absolute atomic E-state index is 12.8. The molecule has 1 N–H and O–H groups in total. The highest BCUT2D eigenvalue weighted by molar-refractivity contribution is 5.52. The zero-order valence-electron chi connectivity index (χ0n) is 11.2. The summed E-state index contributed by atoms with van der Waals surface area (Å²) in [6.45, 7) is 2.60. The Bertz CT molecular complexity index is 510. The fourth-order valence-corrected chi connectivity index (χ4v) is 1.76. The molecule has 0 saturated carbocycles. The lowest BCUT2D eigenvalue weighted by Crippen LogP contribution is -2.27. The molecule has 0 spiro atoms. The molecule has 102 valence electrons. The Kier molecular flexibility index (Phi) is 4.65. The van der Waals surface area contributed by atoms with E-state index in [1.54, 1.807) is 18.4 Å². The lowest BCUT2D eigenvalue weighted by atomic mass is 10.2. The van der Waals surface area contributed by atoms with Gasteiger partial charge >= 0.3 is 0 Å². The van der Waals surface area contributed by atoms with Crippen LogP contribution in [0.4, 0.5) is 4.39 Å². The second-order valence-corrected chi connectivity index (χ2v) is 4.49. The van der Waals surface area contributed by atoms with Gasteiger partial charge in [0.05, 0.1) is 5.69 Å². The first-order chi connectivity index (χ1) is 9.19. The van der Waals surface area contributed by atoms with E-state index in [0.29, 0.717) is 5.89 Å². The first-order valence-corrected chi connectivity index (χ1v) is 6.22. The van der Waals surface area contributed by atoms with E-state index >= 15 is 0 Å². The Morgan fingerprint density at radius 2 is 2.05 bits per heavy atom. The van der Waals surface area contributed by atoms with Crippen molar-refractivity contribution in [3.63, 3.8) is 0 Å². The van der Waals surface area contributed by atoms with Crippen molar-refractivity contribution in [2.45, 2.75) is 6.54 Å². The Labute approximate surface area is 112 Å². The van der Waals surface area contributed by atoms with Gasteiger partial charge in [-0.05, 0) is 38.4 Å². The molecular formula is C14H18FN3O. The van der Waals surface area contributed by atoms with Crippen LogP contribution in [0.25, 0.3) is 11.5 Å². The van der Waals surface area contributed by atoms with Crippen LogP contribution in [0.3, 0.4) is 0 Å². The van der Waals surface area contributed by atoms with Crippen molar-refractivity contribution in [1.29, 1.82) is 0 Å².